The van der Waals surface area contributed by atoms with E-state index in [0.29, 0.717) is 17.2 Å². The minimum absolute atomic E-state index is 0.457. The van der Waals surface area contributed by atoms with Crippen LogP contribution in [-0.2, 0) is 0 Å². The summed E-state index contributed by atoms with van der Waals surface area (Å²) in [6, 6.07) is 9.61. The summed E-state index contributed by atoms with van der Waals surface area (Å²) in [5.41, 5.74) is 0.913. The maximum Gasteiger partial charge on any atom is 0.278 e. The number of benzene rings is 1. The molecule has 2 rings (SSSR count). The molecule has 68 valence electrons. The molecule has 4 heteroatoms. The van der Waals surface area contributed by atoms with Crippen molar-refractivity contribution in [2.45, 2.75) is 6.42 Å². The van der Waals surface area contributed by atoms with E-state index in [0.717, 1.165) is 5.69 Å². The third-order valence-electron chi connectivity index (χ3n) is 1.89. The van der Waals surface area contributed by atoms with E-state index in [9.17, 15) is 0 Å². The average molecular weight is 201 g/mol. The molecule has 0 N–H and O–H groups in total. The number of para-hydroxylation sites is 1. The molecule has 3 nitrogen and oxygen atoms in total. The van der Waals surface area contributed by atoms with Crippen LogP contribution in [0.15, 0.2) is 35.4 Å². The van der Waals surface area contributed by atoms with E-state index < -0.39 is 0 Å². The summed E-state index contributed by atoms with van der Waals surface area (Å²) < 4.78 is 0. The van der Waals surface area contributed by atoms with Crippen LogP contribution in [-0.4, -0.2) is 10.8 Å². The molecular formula is C10H7N3S. The van der Waals surface area contributed by atoms with Gasteiger partial charge < -0.3 is 4.85 Å². The summed E-state index contributed by atoms with van der Waals surface area (Å²) in [7, 11) is 0. The zero-order chi connectivity index (χ0) is 9.97. The Morgan fingerprint density at radius 2 is 2.07 bits per heavy atom. The summed E-state index contributed by atoms with van der Waals surface area (Å²) in [5, 5.41) is 5.75. The maximum absolute atomic E-state index is 6.85. The number of thiocarbonyl (C=S) groups is 1. The van der Waals surface area contributed by atoms with Gasteiger partial charge in [-0.25, -0.2) is 0 Å². The Morgan fingerprint density at radius 1 is 1.36 bits per heavy atom. The van der Waals surface area contributed by atoms with Gasteiger partial charge in [0.2, 0.25) is 0 Å². The van der Waals surface area contributed by atoms with Crippen molar-refractivity contribution >= 4 is 28.7 Å². The second-order valence-electron chi connectivity index (χ2n) is 2.85. The first-order valence-electron chi connectivity index (χ1n) is 4.14. The van der Waals surface area contributed by atoms with Gasteiger partial charge in [0, 0.05) is 0 Å². The smallest absolute Gasteiger partial charge is 0.278 e. The Hall–Kier alpha value is -1.73. The number of anilines is 1. The number of hydrazone groups is 1. The van der Waals surface area contributed by atoms with Gasteiger partial charge in [-0.2, -0.15) is 5.01 Å². The molecule has 14 heavy (non-hydrogen) atoms. The van der Waals surface area contributed by atoms with Gasteiger partial charge in [0.1, 0.15) is 4.99 Å². The maximum atomic E-state index is 6.85. The van der Waals surface area contributed by atoms with Crippen LogP contribution in [0.4, 0.5) is 5.69 Å². The Morgan fingerprint density at radius 3 is 2.64 bits per heavy atom. The highest BCUT2D eigenvalue weighted by molar-refractivity contribution is 7.80. The molecule has 0 radical (unpaired) electrons. The largest absolute Gasteiger partial charge is 0.362 e. The van der Waals surface area contributed by atoms with Crippen molar-refractivity contribution in [2.75, 3.05) is 5.01 Å². The number of nitrogens with zero attached hydrogens (tertiary/aromatic N) is 3. The summed E-state index contributed by atoms with van der Waals surface area (Å²) in [6.45, 7) is 6.85. The van der Waals surface area contributed by atoms with Gasteiger partial charge in [0.15, 0.2) is 0 Å². The average Bonchev–Trinajstić information content (AvgIpc) is 2.61. The molecular weight excluding hydrogens is 194 g/mol. The fourth-order valence-corrected chi connectivity index (χ4v) is 1.52. The van der Waals surface area contributed by atoms with Crippen molar-refractivity contribution in [3.63, 3.8) is 0 Å². The van der Waals surface area contributed by atoms with Crippen LogP contribution >= 0.6 is 12.2 Å². The lowest BCUT2D eigenvalue weighted by molar-refractivity contribution is 1.17. The Kier molecular flexibility index (Phi) is 2.25. The number of hydrogen-bond acceptors (Lipinski definition) is 2. The van der Waals surface area contributed by atoms with Crippen molar-refractivity contribution in [1.29, 1.82) is 0 Å². The topological polar surface area (TPSA) is 20.0 Å². The zero-order valence-corrected chi connectivity index (χ0v) is 8.16. The fraction of sp³-hybridized carbons (Fsp3) is 0.100. The molecule has 0 saturated heterocycles. The monoisotopic (exact) mass is 201 g/mol. The van der Waals surface area contributed by atoms with Gasteiger partial charge in [0.25, 0.3) is 5.84 Å². The molecule has 1 aliphatic heterocycles. The molecule has 1 aromatic carbocycles. The van der Waals surface area contributed by atoms with Gasteiger partial charge in [-0.05, 0) is 17.2 Å². The van der Waals surface area contributed by atoms with Crippen LogP contribution in [0.1, 0.15) is 6.42 Å². The standard InChI is InChI=1S/C10H7N3S/c1-11-9-7-10(14)13(12-9)8-5-3-2-4-6-8/h2-6H,7H2. The molecule has 1 aliphatic rings. The highest BCUT2D eigenvalue weighted by Gasteiger charge is 2.24. The molecule has 0 aromatic heterocycles. The van der Waals surface area contributed by atoms with E-state index in [-0.39, 0.29) is 0 Å². The summed E-state index contributed by atoms with van der Waals surface area (Å²) in [4.78, 5) is 3.97. The minimum Gasteiger partial charge on any atom is -0.362 e. The lowest BCUT2D eigenvalue weighted by Crippen LogP contribution is -2.17. The molecule has 0 amide bonds. The Balaban J connectivity index is 2.34. The molecule has 1 aromatic rings. The Bertz CT molecular complexity index is 430. The predicted octanol–water partition coefficient (Wildman–Crippen LogP) is 2.46. The summed E-state index contributed by atoms with van der Waals surface area (Å²) >= 11 is 5.13. The molecule has 0 aliphatic carbocycles. The van der Waals surface area contributed by atoms with Gasteiger partial charge in [0.05, 0.1) is 12.1 Å². The first-order chi connectivity index (χ1) is 6.81. The lowest BCUT2D eigenvalue weighted by Gasteiger charge is -2.08. The van der Waals surface area contributed by atoms with E-state index in [2.05, 4.69) is 9.95 Å². The van der Waals surface area contributed by atoms with Crippen LogP contribution in [0, 0.1) is 6.57 Å². The van der Waals surface area contributed by atoms with E-state index in [1.807, 2.05) is 30.3 Å². The highest BCUT2D eigenvalue weighted by atomic mass is 32.1. The second-order valence-corrected chi connectivity index (χ2v) is 3.32. The van der Waals surface area contributed by atoms with Crippen LogP contribution < -0.4 is 5.01 Å². The summed E-state index contributed by atoms with van der Waals surface area (Å²) in [6.07, 6.45) is 0.480. The van der Waals surface area contributed by atoms with Crippen molar-refractivity contribution in [3.8, 4) is 0 Å². The normalized spacial score (nSPS) is 15.2. The predicted molar refractivity (Wildman–Crippen MR) is 60.2 cm³/mol. The van der Waals surface area contributed by atoms with E-state index in [4.69, 9.17) is 18.8 Å². The number of rotatable bonds is 1. The van der Waals surface area contributed by atoms with Crippen LogP contribution in [0.2, 0.25) is 0 Å². The van der Waals surface area contributed by atoms with E-state index in [1.54, 1.807) is 5.01 Å². The zero-order valence-electron chi connectivity index (χ0n) is 7.34. The van der Waals surface area contributed by atoms with Gasteiger partial charge >= 0.3 is 0 Å². The van der Waals surface area contributed by atoms with Crippen LogP contribution in [0.5, 0.6) is 0 Å². The third-order valence-corrected chi connectivity index (χ3v) is 2.21. The van der Waals surface area contributed by atoms with Gasteiger partial charge in [-0.15, -0.1) is 0 Å². The van der Waals surface area contributed by atoms with Crippen molar-refractivity contribution in [3.05, 3.63) is 41.7 Å². The van der Waals surface area contributed by atoms with Crippen molar-refractivity contribution in [2.24, 2.45) is 5.10 Å². The van der Waals surface area contributed by atoms with Gasteiger partial charge in [-0.1, -0.05) is 37.0 Å². The number of hydrogen-bond donors (Lipinski definition) is 0. The quantitative estimate of drug-likeness (QED) is 0.513. The SMILES string of the molecule is [C-]#[N+]C1=NN(c2ccccc2)C(=S)C1. The van der Waals surface area contributed by atoms with Gasteiger partial charge in [-0.3, -0.25) is 0 Å². The molecule has 0 fully saturated rings. The third kappa shape index (κ3) is 1.50. The molecule has 0 unspecified atom stereocenters. The summed E-state index contributed by atoms with van der Waals surface area (Å²) in [5.74, 6) is 0.457. The highest BCUT2D eigenvalue weighted by Crippen LogP contribution is 2.20. The van der Waals surface area contributed by atoms with E-state index in [1.165, 1.54) is 0 Å². The van der Waals surface area contributed by atoms with Crippen LogP contribution in [0.25, 0.3) is 4.85 Å². The minimum atomic E-state index is 0.457. The fourth-order valence-electron chi connectivity index (χ4n) is 1.25. The molecule has 0 atom stereocenters. The van der Waals surface area contributed by atoms with Crippen molar-refractivity contribution < 1.29 is 0 Å². The first-order valence-corrected chi connectivity index (χ1v) is 4.55. The Labute approximate surface area is 87.5 Å². The molecule has 1 heterocycles. The molecule has 0 bridgehead atoms. The lowest BCUT2D eigenvalue weighted by atomic mass is 10.3. The first kappa shape index (κ1) is 8.85. The van der Waals surface area contributed by atoms with Crippen molar-refractivity contribution in [1.82, 2.24) is 0 Å². The molecule has 0 spiro atoms. The van der Waals surface area contributed by atoms with E-state index >= 15 is 0 Å². The number of amidine groups is 1. The second kappa shape index (κ2) is 3.56. The molecule has 0 saturated carbocycles. The van der Waals surface area contributed by atoms with Crippen LogP contribution in [0.3, 0.4) is 0 Å².